The van der Waals surface area contributed by atoms with Gasteiger partial charge in [0.2, 0.25) is 0 Å². The molecule has 0 aromatic rings. The number of esters is 1. The zero-order chi connectivity index (χ0) is 13.5. The molecule has 1 N–H and O–H groups in total. The Balaban J connectivity index is 4.29. The third kappa shape index (κ3) is 7.31. The molecule has 0 aromatic carbocycles. The average molecular weight is 246 g/mol. The van der Waals surface area contributed by atoms with Gasteiger partial charge >= 0.3 is 5.97 Å². The summed E-state index contributed by atoms with van der Waals surface area (Å²) in [7, 11) is 7.04. The highest BCUT2D eigenvalue weighted by Gasteiger charge is 2.28. The zero-order valence-corrected chi connectivity index (χ0v) is 11.9. The number of ether oxygens (including phenoxy) is 2. The second kappa shape index (κ2) is 7.63. The minimum atomic E-state index is -0.343. The first kappa shape index (κ1) is 16.4. The lowest BCUT2D eigenvalue weighted by molar-refractivity contribution is -0.145. The van der Waals surface area contributed by atoms with Gasteiger partial charge in [-0.25, -0.2) is 0 Å². The van der Waals surface area contributed by atoms with Crippen molar-refractivity contribution >= 4 is 5.97 Å². The molecule has 0 aliphatic heterocycles. The van der Waals surface area contributed by atoms with Crippen LogP contribution in [0.5, 0.6) is 0 Å². The molecule has 5 nitrogen and oxygen atoms in total. The highest BCUT2D eigenvalue weighted by Crippen LogP contribution is 2.16. The van der Waals surface area contributed by atoms with E-state index >= 15 is 0 Å². The summed E-state index contributed by atoms with van der Waals surface area (Å²) in [6.07, 6.45) is 0.587. The van der Waals surface area contributed by atoms with Crippen LogP contribution in [0.1, 0.15) is 20.3 Å². The van der Waals surface area contributed by atoms with Crippen LogP contribution in [0.2, 0.25) is 0 Å². The van der Waals surface area contributed by atoms with Crippen molar-refractivity contribution in [2.45, 2.75) is 31.9 Å². The fraction of sp³-hybridized carbons (Fsp3) is 0.917. The van der Waals surface area contributed by atoms with Gasteiger partial charge in [-0.15, -0.1) is 0 Å². The van der Waals surface area contributed by atoms with E-state index in [9.17, 15) is 4.79 Å². The van der Waals surface area contributed by atoms with Crippen LogP contribution in [-0.2, 0) is 14.3 Å². The highest BCUT2D eigenvalue weighted by atomic mass is 16.5. The highest BCUT2D eigenvalue weighted by molar-refractivity contribution is 5.75. The van der Waals surface area contributed by atoms with E-state index in [0.29, 0.717) is 6.42 Å². The molecule has 0 fully saturated rings. The number of nitrogens with one attached hydrogen (secondary N) is 1. The second-order valence-corrected chi connectivity index (χ2v) is 5.00. The number of carbonyl (C=O) groups is 1. The molecule has 17 heavy (non-hydrogen) atoms. The maximum Gasteiger partial charge on any atom is 0.322 e. The van der Waals surface area contributed by atoms with Gasteiger partial charge in [-0.3, -0.25) is 4.79 Å². The molecule has 0 radical (unpaired) electrons. The molecule has 0 amide bonds. The van der Waals surface area contributed by atoms with Crippen LogP contribution < -0.4 is 5.32 Å². The molecule has 1 unspecified atom stereocenters. The topological polar surface area (TPSA) is 50.8 Å². The first-order chi connectivity index (χ1) is 7.82. The summed E-state index contributed by atoms with van der Waals surface area (Å²) in [6.45, 7) is 5.53. The predicted molar refractivity (Wildman–Crippen MR) is 68.1 cm³/mol. The van der Waals surface area contributed by atoms with Crippen LogP contribution in [0.25, 0.3) is 0 Å². The van der Waals surface area contributed by atoms with Gasteiger partial charge in [0.25, 0.3) is 0 Å². The monoisotopic (exact) mass is 246 g/mol. The number of nitrogens with zero attached hydrogens (tertiary/aromatic N) is 1. The molecule has 1 atom stereocenters. The van der Waals surface area contributed by atoms with E-state index in [0.717, 1.165) is 13.1 Å². The number of hydrogen-bond donors (Lipinski definition) is 1. The van der Waals surface area contributed by atoms with Gasteiger partial charge in [0.15, 0.2) is 0 Å². The van der Waals surface area contributed by atoms with Crippen LogP contribution in [0, 0.1) is 0 Å². The van der Waals surface area contributed by atoms with E-state index in [1.807, 2.05) is 27.9 Å². The van der Waals surface area contributed by atoms with E-state index in [1.54, 1.807) is 7.11 Å². The van der Waals surface area contributed by atoms with E-state index in [-0.39, 0.29) is 17.6 Å². The molecule has 0 aliphatic rings. The van der Waals surface area contributed by atoms with Crippen molar-refractivity contribution in [3.63, 3.8) is 0 Å². The van der Waals surface area contributed by atoms with Crippen LogP contribution >= 0.6 is 0 Å². The summed E-state index contributed by atoms with van der Waals surface area (Å²) in [5.74, 6) is -0.242. The number of carbonyl (C=O) groups excluding carboxylic acids is 1. The maximum atomic E-state index is 11.6. The Morgan fingerprint density at radius 1 is 1.35 bits per heavy atom. The molecular weight excluding hydrogens is 220 g/mol. The Labute approximate surface area is 104 Å². The molecule has 0 rings (SSSR count). The van der Waals surface area contributed by atoms with E-state index in [4.69, 9.17) is 9.47 Å². The van der Waals surface area contributed by atoms with Crippen LogP contribution in [-0.4, -0.2) is 63.9 Å². The van der Waals surface area contributed by atoms with Gasteiger partial charge in [0.1, 0.15) is 6.04 Å². The standard InChI is InChI=1S/C12H26N2O3/c1-12(2,17-6)9-10(11(15)16-5)13-7-8-14(3)4/h10,13H,7-9H2,1-6H3. The van der Waals surface area contributed by atoms with Gasteiger partial charge in [-0.2, -0.15) is 0 Å². The minimum Gasteiger partial charge on any atom is -0.468 e. The van der Waals surface area contributed by atoms with E-state index in [1.165, 1.54) is 7.11 Å². The van der Waals surface area contributed by atoms with Gasteiger partial charge in [0.05, 0.1) is 12.7 Å². The molecule has 102 valence electrons. The lowest BCUT2D eigenvalue weighted by Gasteiger charge is -2.28. The Morgan fingerprint density at radius 2 is 1.94 bits per heavy atom. The van der Waals surface area contributed by atoms with Crippen LogP contribution in [0.3, 0.4) is 0 Å². The summed E-state index contributed by atoms with van der Waals surface area (Å²) >= 11 is 0. The van der Waals surface area contributed by atoms with Gasteiger partial charge < -0.3 is 19.7 Å². The van der Waals surface area contributed by atoms with Crippen molar-refractivity contribution in [3.8, 4) is 0 Å². The number of rotatable bonds is 8. The Hall–Kier alpha value is -0.650. The first-order valence-corrected chi connectivity index (χ1v) is 5.83. The third-order valence-corrected chi connectivity index (χ3v) is 2.68. The summed E-state index contributed by atoms with van der Waals surface area (Å²) < 4.78 is 10.1. The average Bonchev–Trinajstić information content (AvgIpc) is 2.26. The van der Waals surface area contributed by atoms with Crippen molar-refractivity contribution < 1.29 is 14.3 Å². The molecule has 0 bridgehead atoms. The van der Waals surface area contributed by atoms with Gasteiger partial charge in [-0.05, 0) is 27.9 Å². The lowest BCUT2D eigenvalue weighted by Crippen LogP contribution is -2.45. The normalized spacial score (nSPS) is 13.8. The lowest BCUT2D eigenvalue weighted by atomic mass is 9.99. The van der Waals surface area contributed by atoms with E-state index < -0.39 is 0 Å². The number of hydrogen-bond acceptors (Lipinski definition) is 5. The number of methoxy groups -OCH3 is 2. The second-order valence-electron chi connectivity index (χ2n) is 5.00. The van der Waals surface area contributed by atoms with Gasteiger partial charge in [-0.1, -0.05) is 0 Å². The SMILES string of the molecule is COC(=O)C(CC(C)(C)OC)NCCN(C)C. The van der Waals surface area contributed by atoms with Crippen molar-refractivity contribution in [3.05, 3.63) is 0 Å². The molecular formula is C12H26N2O3. The zero-order valence-electron chi connectivity index (χ0n) is 11.9. The quantitative estimate of drug-likeness (QED) is 0.632. The van der Waals surface area contributed by atoms with Crippen LogP contribution in [0.4, 0.5) is 0 Å². The Morgan fingerprint density at radius 3 is 2.35 bits per heavy atom. The maximum absolute atomic E-state index is 11.6. The van der Waals surface area contributed by atoms with Crippen molar-refractivity contribution in [2.24, 2.45) is 0 Å². The van der Waals surface area contributed by atoms with Gasteiger partial charge in [0, 0.05) is 26.6 Å². The first-order valence-electron chi connectivity index (χ1n) is 5.83. The Kier molecular flexibility index (Phi) is 7.34. The molecule has 0 aliphatic carbocycles. The summed E-state index contributed by atoms with van der Waals surface area (Å²) in [5, 5.41) is 3.20. The van der Waals surface area contributed by atoms with Crippen molar-refractivity contribution in [2.75, 3.05) is 41.4 Å². The number of likely N-dealkylation sites (N-methyl/N-ethyl adjacent to an activating group) is 1. The smallest absolute Gasteiger partial charge is 0.322 e. The molecule has 0 saturated carbocycles. The molecule has 0 aromatic heterocycles. The Bertz CT molecular complexity index is 230. The summed E-state index contributed by atoms with van der Waals surface area (Å²) in [5.41, 5.74) is -0.343. The van der Waals surface area contributed by atoms with Crippen molar-refractivity contribution in [1.29, 1.82) is 0 Å². The minimum absolute atomic E-state index is 0.242. The third-order valence-electron chi connectivity index (χ3n) is 2.68. The molecule has 0 saturated heterocycles. The largest absolute Gasteiger partial charge is 0.468 e. The molecule has 0 spiro atoms. The van der Waals surface area contributed by atoms with E-state index in [2.05, 4.69) is 10.2 Å². The fourth-order valence-corrected chi connectivity index (χ4v) is 1.42. The fourth-order valence-electron chi connectivity index (χ4n) is 1.42. The molecule has 5 heteroatoms. The summed E-state index contributed by atoms with van der Waals surface area (Å²) in [6, 6.07) is -0.324. The predicted octanol–water partition coefficient (Wildman–Crippen LogP) is 0.494. The van der Waals surface area contributed by atoms with Crippen molar-refractivity contribution in [1.82, 2.24) is 10.2 Å². The molecule has 0 heterocycles. The summed E-state index contributed by atoms with van der Waals surface area (Å²) in [4.78, 5) is 13.7. The van der Waals surface area contributed by atoms with Crippen LogP contribution in [0.15, 0.2) is 0 Å².